The molecular formula is C17H25NO6. The van der Waals surface area contributed by atoms with Crippen molar-refractivity contribution >= 4 is 5.91 Å². The number of carbonyl (C=O) groups excluding carboxylic acids is 1. The first-order valence-electron chi connectivity index (χ1n) is 8.64. The number of rotatable bonds is 7. The van der Waals surface area contributed by atoms with Crippen LogP contribution in [-0.2, 0) is 20.9 Å². The highest BCUT2D eigenvalue weighted by Crippen LogP contribution is 2.23. The molecule has 1 aromatic carbocycles. The van der Waals surface area contributed by atoms with E-state index in [4.69, 9.17) is 10.8 Å². The molecule has 0 saturated carbocycles. The van der Waals surface area contributed by atoms with Crippen LogP contribution in [0.5, 0.6) is 0 Å². The zero-order chi connectivity index (χ0) is 18.2. The third-order valence-electron chi connectivity index (χ3n) is 3.87. The number of benzene rings is 1. The molecule has 1 aliphatic heterocycles. The third-order valence-corrected chi connectivity index (χ3v) is 3.87. The molecule has 1 amide bonds. The first-order chi connectivity index (χ1) is 12.1. The Morgan fingerprint density at radius 1 is 1.33 bits per heavy atom. The van der Waals surface area contributed by atoms with Gasteiger partial charge in [-0.3, -0.25) is 4.79 Å². The monoisotopic (exact) mass is 340 g/mol. The van der Waals surface area contributed by atoms with Crippen molar-refractivity contribution in [1.82, 2.24) is 5.32 Å². The van der Waals surface area contributed by atoms with Crippen LogP contribution in [0, 0.1) is 0 Å². The zero-order valence-corrected chi connectivity index (χ0v) is 13.4. The summed E-state index contributed by atoms with van der Waals surface area (Å²) in [6.07, 6.45) is -4.17. The summed E-state index contributed by atoms with van der Waals surface area (Å²) in [5, 5.41) is 32.2. The molecule has 134 valence electrons. The fraction of sp³-hybridized carbons (Fsp3) is 0.588. The van der Waals surface area contributed by atoms with Crippen molar-refractivity contribution in [2.24, 2.45) is 0 Å². The average Bonchev–Trinajstić information content (AvgIpc) is 2.64. The Kier molecular flexibility index (Phi) is 6.57. The second-order valence-electron chi connectivity index (χ2n) is 5.70. The molecule has 7 nitrogen and oxygen atoms in total. The molecule has 5 atom stereocenters. The molecular weight excluding hydrogens is 314 g/mol. The summed E-state index contributed by atoms with van der Waals surface area (Å²) in [4.78, 5) is 11.9. The lowest BCUT2D eigenvalue weighted by Crippen LogP contribution is -2.64. The number of hydrogen-bond acceptors (Lipinski definition) is 6. The summed E-state index contributed by atoms with van der Waals surface area (Å²) in [6.45, 7) is -0.172. The Hall–Kier alpha value is -1.51. The van der Waals surface area contributed by atoms with E-state index in [0.29, 0.717) is 6.42 Å². The van der Waals surface area contributed by atoms with E-state index in [-0.39, 0.29) is 25.8 Å². The van der Waals surface area contributed by atoms with Gasteiger partial charge in [-0.2, -0.15) is 0 Å². The Labute approximate surface area is 142 Å². The predicted molar refractivity (Wildman–Crippen MR) is 85.8 cm³/mol. The molecule has 0 bridgehead atoms. The van der Waals surface area contributed by atoms with E-state index >= 15 is 0 Å². The maximum Gasteiger partial charge on any atom is 0.220 e. The predicted octanol–water partition coefficient (Wildman–Crippen LogP) is -0.0729. The van der Waals surface area contributed by atoms with Gasteiger partial charge in [-0.25, -0.2) is 0 Å². The van der Waals surface area contributed by atoms with Gasteiger partial charge in [0.1, 0.15) is 24.4 Å². The highest BCUT2D eigenvalue weighted by Gasteiger charge is 2.45. The second-order valence-corrected chi connectivity index (χ2v) is 5.70. The summed E-state index contributed by atoms with van der Waals surface area (Å²) in [7, 11) is 0. The van der Waals surface area contributed by atoms with Gasteiger partial charge in [-0.15, -0.1) is 0 Å². The Morgan fingerprint density at radius 2 is 2.08 bits per heavy atom. The largest absolute Gasteiger partial charge is 0.394 e. The van der Waals surface area contributed by atoms with E-state index in [2.05, 4.69) is 5.32 Å². The van der Waals surface area contributed by atoms with E-state index in [1.165, 1.54) is 0 Å². The van der Waals surface area contributed by atoms with Crippen LogP contribution >= 0.6 is 0 Å². The van der Waals surface area contributed by atoms with Crippen LogP contribution in [0.1, 0.15) is 26.7 Å². The molecule has 0 aromatic heterocycles. The Balaban J connectivity index is 2.05. The van der Waals surface area contributed by atoms with Gasteiger partial charge in [0.15, 0.2) is 6.29 Å². The summed E-state index contributed by atoms with van der Waals surface area (Å²) in [5.41, 5.74) is 0.881. The van der Waals surface area contributed by atoms with Crippen molar-refractivity contribution in [3.8, 4) is 0 Å². The number of hydrogen-bond donors (Lipinski definition) is 4. The molecule has 0 spiro atoms. The molecule has 1 saturated heterocycles. The molecule has 24 heavy (non-hydrogen) atoms. The van der Waals surface area contributed by atoms with Crippen LogP contribution in [0.2, 0.25) is 0 Å². The first-order valence-corrected chi connectivity index (χ1v) is 7.93. The smallest absolute Gasteiger partial charge is 0.220 e. The lowest BCUT2D eigenvalue weighted by atomic mass is 9.96. The minimum atomic E-state index is -1.34. The minimum absolute atomic E-state index is 0.125. The van der Waals surface area contributed by atoms with Gasteiger partial charge in [-0.1, -0.05) is 37.2 Å². The third kappa shape index (κ3) is 4.75. The van der Waals surface area contributed by atoms with E-state index in [1.807, 2.05) is 30.3 Å². The molecule has 7 heteroatoms. The fourth-order valence-corrected chi connectivity index (χ4v) is 2.55. The van der Waals surface area contributed by atoms with Crippen LogP contribution in [0.4, 0.5) is 0 Å². The van der Waals surface area contributed by atoms with Crippen molar-refractivity contribution < 1.29 is 31.0 Å². The molecule has 0 aliphatic carbocycles. The van der Waals surface area contributed by atoms with Gasteiger partial charge < -0.3 is 30.1 Å². The maximum atomic E-state index is 11.9. The Bertz CT molecular complexity index is 531. The fourth-order valence-electron chi connectivity index (χ4n) is 2.55. The number of nitrogens with one attached hydrogen (secondary N) is 1. The summed E-state index contributed by atoms with van der Waals surface area (Å²) in [6, 6.07) is 8.34. The van der Waals surface area contributed by atoms with Crippen LogP contribution in [-0.4, -0.2) is 58.5 Å². The highest BCUT2D eigenvalue weighted by atomic mass is 16.7. The van der Waals surface area contributed by atoms with Gasteiger partial charge in [0.25, 0.3) is 0 Å². The van der Waals surface area contributed by atoms with Gasteiger partial charge >= 0.3 is 0 Å². The van der Waals surface area contributed by atoms with Crippen molar-refractivity contribution in [1.29, 1.82) is 0 Å². The molecule has 1 unspecified atom stereocenters. The zero-order valence-electron chi connectivity index (χ0n) is 14.4. The van der Waals surface area contributed by atoms with Crippen molar-refractivity contribution in [2.75, 3.05) is 6.61 Å². The second kappa shape index (κ2) is 9.10. The van der Waals surface area contributed by atoms with E-state index in [9.17, 15) is 20.1 Å². The van der Waals surface area contributed by atoms with Gasteiger partial charge in [0.2, 0.25) is 5.91 Å². The van der Waals surface area contributed by atoms with Crippen LogP contribution in [0.3, 0.4) is 0 Å². The highest BCUT2D eigenvalue weighted by molar-refractivity contribution is 5.76. The van der Waals surface area contributed by atoms with Crippen LogP contribution < -0.4 is 5.32 Å². The van der Waals surface area contributed by atoms with Crippen molar-refractivity contribution in [3.63, 3.8) is 0 Å². The molecule has 1 fully saturated rings. The van der Waals surface area contributed by atoms with Gasteiger partial charge in [-0.05, 0) is 12.0 Å². The van der Waals surface area contributed by atoms with E-state index < -0.39 is 37.3 Å². The number of ether oxygens (including phenoxy) is 2. The van der Waals surface area contributed by atoms with E-state index in [0.717, 1.165) is 5.56 Å². The SMILES string of the molecule is [2H]CCCC(=O)N[C@H]1C(OCc2ccccc2)O[C@H](CO)[C@@H](O)[C@@H]1O. The minimum Gasteiger partial charge on any atom is -0.394 e. The number of carbonyl (C=O) groups is 1. The topological polar surface area (TPSA) is 108 Å². The summed E-state index contributed by atoms with van der Waals surface area (Å²) in [5.74, 6) is -0.358. The van der Waals surface area contributed by atoms with Gasteiger partial charge in [0.05, 0.1) is 13.2 Å². The normalized spacial score (nSPS) is 30.6. The van der Waals surface area contributed by atoms with Crippen LogP contribution in [0.25, 0.3) is 0 Å². The van der Waals surface area contributed by atoms with Gasteiger partial charge in [0, 0.05) is 7.79 Å². The maximum absolute atomic E-state index is 11.9. The molecule has 1 aromatic rings. The molecule has 4 N–H and O–H groups in total. The first kappa shape index (κ1) is 17.3. The molecule has 1 aliphatic rings. The summed E-state index contributed by atoms with van der Waals surface area (Å²) < 4.78 is 18.3. The van der Waals surface area contributed by atoms with E-state index in [1.54, 1.807) is 0 Å². The Morgan fingerprint density at radius 3 is 2.75 bits per heavy atom. The van der Waals surface area contributed by atoms with Crippen molar-refractivity contribution in [3.05, 3.63) is 35.9 Å². The standard InChI is InChI=1S/C17H25NO6/c1-2-6-13(20)18-14-16(22)15(21)12(9-19)24-17(14)23-10-11-7-4-3-5-8-11/h3-5,7-8,12,14-17,19,21-22H,2,6,9-10H2,1H3,(H,18,20)/t12-,14-,15-,16-,17?/m1/s1/i1D. The average molecular weight is 340 g/mol. The lowest BCUT2D eigenvalue weighted by molar-refractivity contribution is -0.273. The number of amides is 1. The lowest BCUT2D eigenvalue weighted by Gasteiger charge is -2.42. The van der Waals surface area contributed by atoms with Crippen molar-refractivity contribution in [2.45, 2.75) is 57.0 Å². The molecule has 2 rings (SSSR count). The molecule has 1 heterocycles. The summed E-state index contributed by atoms with van der Waals surface area (Å²) >= 11 is 0. The number of aliphatic hydroxyl groups excluding tert-OH is 3. The molecule has 0 radical (unpaired) electrons. The number of aliphatic hydroxyl groups is 3. The van der Waals surface area contributed by atoms with Crippen LogP contribution in [0.15, 0.2) is 30.3 Å². The quantitative estimate of drug-likeness (QED) is 0.553.